The van der Waals surface area contributed by atoms with E-state index in [-0.39, 0.29) is 23.8 Å². The molecule has 1 N–H and O–H groups in total. The smallest absolute Gasteiger partial charge is 0.258 e. The van der Waals surface area contributed by atoms with Gasteiger partial charge in [0.15, 0.2) is 0 Å². The minimum Gasteiger partial charge on any atom is -0.506 e. The molecule has 23 heavy (non-hydrogen) atoms. The number of carbonyl (C=O) groups excluding carboxylic acids is 1. The molecule has 1 aliphatic heterocycles. The highest BCUT2D eigenvalue weighted by atomic mass is 16.5. The number of carbonyl (C=O) groups is 1. The van der Waals surface area contributed by atoms with Crippen LogP contribution in [0.2, 0.25) is 0 Å². The Balaban J connectivity index is 1.69. The van der Waals surface area contributed by atoms with Gasteiger partial charge in [-0.1, -0.05) is 43.2 Å². The number of morpholine rings is 1. The molecule has 2 atom stereocenters. The van der Waals surface area contributed by atoms with Crippen LogP contribution < -0.4 is 0 Å². The molecular weight excluding hydrogens is 290 g/mol. The number of amides is 1. The third-order valence-electron chi connectivity index (χ3n) is 5.12. The quantitative estimate of drug-likeness (QED) is 0.879. The van der Waals surface area contributed by atoms with Crippen LogP contribution in [0, 0.1) is 0 Å². The molecule has 0 aromatic heterocycles. The molecule has 2 aromatic rings. The molecule has 0 bridgehead atoms. The molecule has 0 radical (unpaired) electrons. The number of ether oxygens (including phenoxy) is 1. The van der Waals surface area contributed by atoms with E-state index in [1.165, 1.54) is 6.42 Å². The number of phenols is 1. The molecule has 120 valence electrons. The highest BCUT2D eigenvalue weighted by Gasteiger charge is 2.37. The van der Waals surface area contributed by atoms with E-state index in [2.05, 4.69) is 0 Å². The Bertz CT molecular complexity index is 740. The second-order valence-electron chi connectivity index (χ2n) is 6.44. The maximum absolute atomic E-state index is 13.0. The van der Waals surface area contributed by atoms with E-state index >= 15 is 0 Å². The van der Waals surface area contributed by atoms with Crippen molar-refractivity contribution in [3.05, 3.63) is 42.0 Å². The molecule has 0 spiro atoms. The number of benzene rings is 2. The van der Waals surface area contributed by atoms with Crippen molar-refractivity contribution in [1.82, 2.24) is 4.90 Å². The monoisotopic (exact) mass is 311 g/mol. The van der Waals surface area contributed by atoms with Gasteiger partial charge in [0.25, 0.3) is 5.91 Å². The van der Waals surface area contributed by atoms with Crippen molar-refractivity contribution >= 4 is 16.7 Å². The molecule has 1 amide bonds. The summed E-state index contributed by atoms with van der Waals surface area (Å²) in [5.41, 5.74) is 0.398. The first-order valence-corrected chi connectivity index (χ1v) is 8.39. The van der Waals surface area contributed by atoms with E-state index in [1.54, 1.807) is 6.07 Å². The van der Waals surface area contributed by atoms with Gasteiger partial charge in [-0.25, -0.2) is 0 Å². The summed E-state index contributed by atoms with van der Waals surface area (Å²) < 4.78 is 5.84. The molecule has 1 saturated heterocycles. The largest absolute Gasteiger partial charge is 0.506 e. The highest BCUT2D eigenvalue weighted by molar-refractivity contribution is 6.03. The van der Waals surface area contributed by atoms with Crippen LogP contribution in [0.25, 0.3) is 10.8 Å². The fourth-order valence-electron chi connectivity index (χ4n) is 3.93. The lowest BCUT2D eigenvalue weighted by Crippen LogP contribution is -2.54. The van der Waals surface area contributed by atoms with Gasteiger partial charge >= 0.3 is 0 Å². The minimum atomic E-state index is -0.0755. The van der Waals surface area contributed by atoms with Crippen molar-refractivity contribution in [2.75, 3.05) is 13.2 Å². The molecule has 2 fully saturated rings. The average Bonchev–Trinajstić information content (AvgIpc) is 2.61. The van der Waals surface area contributed by atoms with Gasteiger partial charge in [-0.15, -0.1) is 0 Å². The zero-order valence-electron chi connectivity index (χ0n) is 13.1. The number of hydrogen-bond acceptors (Lipinski definition) is 3. The fraction of sp³-hybridized carbons (Fsp3) is 0.421. The Kier molecular flexibility index (Phi) is 3.69. The summed E-state index contributed by atoms with van der Waals surface area (Å²) in [4.78, 5) is 14.9. The van der Waals surface area contributed by atoms with Crippen LogP contribution in [-0.2, 0) is 4.74 Å². The molecule has 4 rings (SSSR count). The predicted octanol–water partition coefficient (Wildman–Crippen LogP) is 3.33. The summed E-state index contributed by atoms with van der Waals surface area (Å²) in [7, 11) is 0. The second-order valence-corrected chi connectivity index (χ2v) is 6.44. The lowest BCUT2D eigenvalue weighted by Gasteiger charge is -2.43. The van der Waals surface area contributed by atoms with Gasteiger partial charge in [-0.05, 0) is 24.3 Å². The molecule has 4 nitrogen and oxygen atoms in total. The van der Waals surface area contributed by atoms with E-state index < -0.39 is 0 Å². The molecule has 2 aromatic carbocycles. The molecule has 1 saturated carbocycles. The Morgan fingerprint density at radius 1 is 1.13 bits per heavy atom. The summed E-state index contributed by atoms with van der Waals surface area (Å²) >= 11 is 0. The van der Waals surface area contributed by atoms with Crippen LogP contribution in [-0.4, -0.2) is 41.2 Å². The van der Waals surface area contributed by atoms with Crippen molar-refractivity contribution in [3.63, 3.8) is 0 Å². The van der Waals surface area contributed by atoms with Gasteiger partial charge in [0, 0.05) is 11.9 Å². The topological polar surface area (TPSA) is 49.8 Å². The first kappa shape index (κ1) is 14.5. The van der Waals surface area contributed by atoms with E-state index in [1.807, 2.05) is 35.2 Å². The number of phenolic OH excluding ortho intramolecular Hbond substituents is 1. The second kappa shape index (κ2) is 5.85. The first-order valence-electron chi connectivity index (χ1n) is 8.39. The van der Waals surface area contributed by atoms with E-state index in [9.17, 15) is 9.90 Å². The average molecular weight is 311 g/mol. The number of nitrogens with zero attached hydrogens (tertiary/aromatic N) is 1. The predicted molar refractivity (Wildman–Crippen MR) is 88.6 cm³/mol. The summed E-state index contributed by atoms with van der Waals surface area (Å²) in [5.74, 6) is 0.0143. The first-order chi connectivity index (χ1) is 11.3. The van der Waals surface area contributed by atoms with E-state index in [0.29, 0.717) is 18.7 Å². The molecule has 4 heteroatoms. The molecular formula is C19H21NO3. The summed E-state index contributed by atoms with van der Waals surface area (Å²) in [6.45, 7) is 1.19. The highest BCUT2D eigenvalue weighted by Crippen LogP contribution is 2.33. The molecule has 0 unspecified atom stereocenters. The summed E-state index contributed by atoms with van der Waals surface area (Å²) in [6.07, 6.45) is 4.48. The SMILES string of the molecule is O=C(c1ccc2ccccc2c1O)N1CCO[C@H]2CCCC[C@@H]21. The van der Waals surface area contributed by atoms with Crippen molar-refractivity contribution in [1.29, 1.82) is 0 Å². The molecule has 1 aliphatic carbocycles. The van der Waals surface area contributed by atoms with Gasteiger partial charge in [0.1, 0.15) is 5.75 Å². The van der Waals surface area contributed by atoms with Crippen molar-refractivity contribution in [2.45, 2.75) is 37.8 Å². The van der Waals surface area contributed by atoms with Gasteiger partial charge in [0.05, 0.1) is 24.3 Å². The number of rotatable bonds is 1. The van der Waals surface area contributed by atoms with Crippen LogP contribution in [0.3, 0.4) is 0 Å². The van der Waals surface area contributed by atoms with Crippen molar-refractivity contribution in [2.24, 2.45) is 0 Å². The van der Waals surface area contributed by atoms with Gasteiger partial charge in [0.2, 0.25) is 0 Å². The van der Waals surface area contributed by atoms with Gasteiger partial charge in [-0.2, -0.15) is 0 Å². The summed E-state index contributed by atoms with van der Waals surface area (Å²) in [6, 6.07) is 11.4. The number of fused-ring (bicyclic) bond motifs is 2. The maximum atomic E-state index is 13.0. The lowest BCUT2D eigenvalue weighted by molar-refractivity contribution is -0.0753. The zero-order valence-corrected chi connectivity index (χ0v) is 13.1. The Hall–Kier alpha value is -2.07. The number of hydrogen-bond donors (Lipinski definition) is 1. The van der Waals surface area contributed by atoms with E-state index in [4.69, 9.17) is 4.74 Å². The Labute approximate surface area is 135 Å². The van der Waals surface area contributed by atoms with Crippen molar-refractivity contribution in [3.8, 4) is 5.75 Å². The maximum Gasteiger partial charge on any atom is 0.258 e. The number of aromatic hydroxyl groups is 1. The van der Waals surface area contributed by atoms with Crippen LogP contribution >= 0.6 is 0 Å². The Morgan fingerprint density at radius 2 is 1.96 bits per heavy atom. The van der Waals surface area contributed by atoms with Crippen LogP contribution in [0.1, 0.15) is 36.0 Å². The third-order valence-corrected chi connectivity index (χ3v) is 5.12. The normalized spacial score (nSPS) is 24.4. The van der Waals surface area contributed by atoms with Crippen LogP contribution in [0.5, 0.6) is 5.75 Å². The standard InChI is InChI=1S/C19H21NO3/c21-18-14-6-2-1-5-13(14)9-10-15(18)19(22)20-11-12-23-17-8-4-3-7-16(17)20/h1-2,5-6,9-10,16-17,21H,3-4,7-8,11-12H2/t16-,17-/m0/s1. The minimum absolute atomic E-state index is 0.0755. The lowest BCUT2D eigenvalue weighted by atomic mass is 9.89. The van der Waals surface area contributed by atoms with Crippen LogP contribution in [0.15, 0.2) is 36.4 Å². The van der Waals surface area contributed by atoms with E-state index in [0.717, 1.165) is 30.0 Å². The molecule has 2 aliphatic rings. The Morgan fingerprint density at radius 3 is 2.87 bits per heavy atom. The fourth-order valence-corrected chi connectivity index (χ4v) is 3.93. The molecule has 1 heterocycles. The zero-order chi connectivity index (χ0) is 15.8. The van der Waals surface area contributed by atoms with Gasteiger partial charge < -0.3 is 14.7 Å². The third kappa shape index (κ3) is 2.47. The van der Waals surface area contributed by atoms with Gasteiger partial charge in [-0.3, -0.25) is 4.79 Å². The van der Waals surface area contributed by atoms with Crippen molar-refractivity contribution < 1.29 is 14.6 Å². The summed E-state index contributed by atoms with van der Waals surface area (Å²) in [5, 5.41) is 12.2. The van der Waals surface area contributed by atoms with Crippen LogP contribution in [0.4, 0.5) is 0 Å².